The molecule has 26 heavy (non-hydrogen) atoms. The van der Waals surface area contributed by atoms with E-state index in [1.54, 1.807) is 7.05 Å². The molecule has 1 aromatic heterocycles. The molecule has 1 aromatic rings. The number of carbonyl (C=O) groups excluding carboxylic acids is 1. The quantitative estimate of drug-likeness (QED) is 0.224. The second kappa shape index (κ2) is 11.4. The van der Waals surface area contributed by atoms with Gasteiger partial charge in [-0.1, -0.05) is 0 Å². The Kier molecular flexibility index (Phi) is 9.97. The minimum atomic E-state index is -0.0906. The van der Waals surface area contributed by atoms with E-state index in [2.05, 4.69) is 33.3 Å². The molecule has 1 N–H and O–H groups in total. The fourth-order valence-electron chi connectivity index (χ4n) is 3.28. The number of hydrogen-bond acceptors (Lipinski definition) is 4. The molecule has 8 heteroatoms. The number of aliphatic imine (C=N–C) groups is 1. The van der Waals surface area contributed by atoms with Gasteiger partial charge in [0.05, 0.1) is 18.2 Å². The van der Waals surface area contributed by atoms with Crippen molar-refractivity contribution in [1.29, 1.82) is 0 Å². The van der Waals surface area contributed by atoms with Crippen molar-refractivity contribution < 1.29 is 9.53 Å². The molecule has 1 fully saturated rings. The smallest absolute Gasteiger partial charge is 0.310 e. The van der Waals surface area contributed by atoms with E-state index < -0.39 is 0 Å². The van der Waals surface area contributed by atoms with Crippen LogP contribution in [0.25, 0.3) is 0 Å². The lowest BCUT2D eigenvalue weighted by molar-refractivity contribution is -0.149. The molecule has 0 saturated carbocycles. The number of likely N-dealkylation sites (tertiary alicyclic amines) is 1. The first-order valence-corrected chi connectivity index (χ1v) is 9.18. The summed E-state index contributed by atoms with van der Waals surface area (Å²) >= 11 is 0. The first-order valence-electron chi connectivity index (χ1n) is 9.18. The Hall–Kier alpha value is -1.32. The molecule has 0 bridgehead atoms. The molecule has 0 radical (unpaired) electrons. The second-order valence-electron chi connectivity index (χ2n) is 6.52. The van der Waals surface area contributed by atoms with E-state index >= 15 is 0 Å². The van der Waals surface area contributed by atoms with Gasteiger partial charge < -0.3 is 15.0 Å². The number of aromatic nitrogens is 2. The van der Waals surface area contributed by atoms with Gasteiger partial charge in [0, 0.05) is 38.9 Å². The van der Waals surface area contributed by atoms with Crippen molar-refractivity contribution >= 4 is 35.9 Å². The van der Waals surface area contributed by atoms with Crippen LogP contribution in [-0.2, 0) is 16.1 Å². The van der Waals surface area contributed by atoms with E-state index in [1.807, 2.05) is 18.5 Å². The van der Waals surface area contributed by atoms with Crippen molar-refractivity contribution in [3.05, 3.63) is 17.5 Å². The molecule has 7 nitrogen and oxygen atoms in total. The number of hydrogen-bond donors (Lipinski definition) is 1. The molecule has 1 saturated heterocycles. The van der Waals surface area contributed by atoms with Crippen molar-refractivity contribution in [3.63, 3.8) is 0 Å². The maximum absolute atomic E-state index is 12.0. The first kappa shape index (κ1) is 22.7. The largest absolute Gasteiger partial charge is 0.466 e. The summed E-state index contributed by atoms with van der Waals surface area (Å²) in [5.74, 6) is 0.719. The standard InChI is InChI=1S/C18H31N5O2.HI/c1-5-25-17(24)16-8-6-10-22(13-16)18(19-4)20-9-7-11-23-15(3)12-14(2)21-23;/h12,16H,5-11,13H2,1-4H3,(H,19,20);1H. The van der Waals surface area contributed by atoms with Crippen molar-refractivity contribution in [2.45, 2.75) is 46.6 Å². The Morgan fingerprint density at radius 1 is 1.46 bits per heavy atom. The Balaban J connectivity index is 0.00000338. The van der Waals surface area contributed by atoms with Crippen molar-refractivity contribution in [3.8, 4) is 0 Å². The number of halogens is 1. The molecule has 1 aliphatic rings. The van der Waals surface area contributed by atoms with E-state index in [1.165, 1.54) is 5.69 Å². The summed E-state index contributed by atoms with van der Waals surface area (Å²) in [6.45, 7) is 9.69. The summed E-state index contributed by atoms with van der Waals surface area (Å²) in [6, 6.07) is 2.09. The third kappa shape index (κ3) is 6.44. The molecule has 1 atom stereocenters. The van der Waals surface area contributed by atoms with E-state index in [9.17, 15) is 4.79 Å². The first-order chi connectivity index (χ1) is 12.0. The Morgan fingerprint density at radius 2 is 2.23 bits per heavy atom. The highest BCUT2D eigenvalue weighted by Crippen LogP contribution is 2.18. The van der Waals surface area contributed by atoms with Gasteiger partial charge in [-0.05, 0) is 46.1 Å². The molecule has 1 unspecified atom stereocenters. The minimum Gasteiger partial charge on any atom is -0.466 e. The van der Waals surface area contributed by atoms with Crippen LogP contribution in [-0.4, -0.2) is 59.9 Å². The van der Waals surface area contributed by atoms with Gasteiger partial charge in [0.15, 0.2) is 5.96 Å². The van der Waals surface area contributed by atoms with Gasteiger partial charge in [-0.15, -0.1) is 24.0 Å². The average Bonchev–Trinajstić information content (AvgIpc) is 2.92. The SMILES string of the molecule is CCOC(=O)C1CCCN(C(=NC)NCCCn2nc(C)cc2C)C1.I. The normalized spacial score (nSPS) is 17.6. The van der Waals surface area contributed by atoms with E-state index in [-0.39, 0.29) is 35.9 Å². The molecule has 0 aromatic carbocycles. The van der Waals surface area contributed by atoms with Crippen LogP contribution in [0.2, 0.25) is 0 Å². The van der Waals surface area contributed by atoms with Crippen molar-refractivity contribution in [2.75, 3.05) is 33.3 Å². The van der Waals surface area contributed by atoms with Gasteiger partial charge in [0.2, 0.25) is 0 Å². The predicted octanol–water partition coefficient (Wildman–Crippen LogP) is 2.36. The number of rotatable bonds is 6. The lowest BCUT2D eigenvalue weighted by Crippen LogP contribution is -2.48. The van der Waals surface area contributed by atoms with Crippen LogP contribution in [0, 0.1) is 19.8 Å². The number of aryl methyl sites for hydroxylation is 3. The van der Waals surface area contributed by atoms with Crippen molar-refractivity contribution in [2.24, 2.45) is 10.9 Å². The molecule has 148 valence electrons. The fourth-order valence-corrected chi connectivity index (χ4v) is 3.28. The molecule has 0 spiro atoms. The van der Waals surface area contributed by atoms with Crippen LogP contribution in [0.15, 0.2) is 11.1 Å². The van der Waals surface area contributed by atoms with Crippen LogP contribution >= 0.6 is 24.0 Å². The van der Waals surface area contributed by atoms with Gasteiger partial charge in [-0.3, -0.25) is 14.5 Å². The van der Waals surface area contributed by atoms with E-state index in [0.717, 1.165) is 50.6 Å². The van der Waals surface area contributed by atoms with Gasteiger partial charge in [-0.2, -0.15) is 5.10 Å². The Bertz CT molecular complexity index is 602. The summed E-state index contributed by atoms with van der Waals surface area (Å²) < 4.78 is 7.21. The zero-order valence-corrected chi connectivity index (χ0v) is 18.7. The number of carbonyl (C=O) groups is 1. The van der Waals surface area contributed by atoms with Crippen LogP contribution in [0.4, 0.5) is 0 Å². The van der Waals surface area contributed by atoms with Gasteiger partial charge in [0.1, 0.15) is 0 Å². The van der Waals surface area contributed by atoms with Gasteiger partial charge in [-0.25, -0.2) is 0 Å². The van der Waals surface area contributed by atoms with Crippen molar-refractivity contribution in [1.82, 2.24) is 20.0 Å². The summed E-state index contributed by atoms with van der Waals surface area (Å²) in [7, 11) is 1.79. The number of nitrogens with one attached hydrogen (secondary N) is 1. The molecule has 2 rings (SSSR count). The fraction of sp³-hybridized carbons (Fsp3) is 0.722. The van der Waals surface area contributed by atoms with E-state index in [0.29, 0.717) is 13.2 Å². The lowest BCUT2D eigenvalue weighted by atomic mass is 9.98. The maximum Gasteiger partial charge on any atom is 0.310 e. The minimum absolute atomic E-state index is 0. The van der Waals surface area contributed by atoms with Gasteiger partial charge in [0.25, 0.3) is 0 Å². The van der Waals surface area contributed by atoms with Gasteiger partial charge >= 0.3 is 5.97 Å². The highest BCUT2D eigenvalue weighted by molar-refractivity contribution is 14.0. The average molecular weight is 477 g/mol. The predicted molar refractivity (Wildman–Crippen MR) is 114 cm³/mol. The third-order valence-corrected chi connectivity index (χ3v) is 4.49. The summed E-state index contributed by atoms with van der Waals surface area (Å²) in [5, 5.41) is 7.89. The summed E-state index contributed by atoms with van der Waals surface area (Å²) in [6.07, 6.45) is 2.84. The number of piperidine rings is 1. The zero-order chi connectivity index (χ0) is 18.2. The summed E-state index contributed by atoms with van der Waals surface area (Å²) in [4.78, 5) is 18.5. The molecular weight excluding hydrogens is 445 g/mol. The lowest BCUT2D eigenvalue weighted by Gasteiger charge is -2.34. The molecule has 0 aliphatic carbocycles. The highest BCUT2D eigenvalue weighted by atomic mass is 127. The number of esters is 1. The monoisotopic (exact) mass is 477 g/mol. The zero-order valence-electron chi connectivity index (χ0n) is 16.3. The molecular formula is C18H32IN5O2. The van der Waals surface area contributed by atoms with Crippen LogP contribution < -0.4 is 5.32 Å². The topological polar surface area (TPSA) is 71.8 Å². The number of nitrogens with zero attached hydrogens (tertiary/aromatic N) is 4. The highest BCUT2D eigenvalue weighted by Gasteiger charge is 2.28. The van der Waals surface area contributed by atoms with Crippen LogP contribution in [0.3, 0.4) is 0 Å². The Labute approximate surface area is 173 Å². The maximum atomic E-state index is 12.0. The third-order valence-electron chi connectivity index (χ3n) is 4.49. The van der Waals surface area contributed by atoms with Crippen LogP contribution in [0.5, 0.6) is 0 Å². The Morgan fingerprint density at radius 3 is 2.85 bits per heavy atom. The second-order valence-corrected chi connectivity index (χ2v) is 6.52. The summed E-state index contributed by atoms with van der Waals surface area (Å²) in [5.41, 5.74) is 2.25. The molecule has 0 amide bonds. The van der Waals surface area contributed by atoms with E-state index in [4.69, 9.17) is 4.74 Å². The number of guanidine groups is 1. The van der Waals surface area contributed by atoms with Crippen LogP contribution in [0.1, 0.15) is 37.6 Å². The molecule has 1 aliphatic heterocycles. The molecule has 2 heterocycles. The number of ether oxygens (including phenoxy) is 1.